The Morgan fingerprint density at radius 3 is 2.55 bits per heavy atom. The van der Waals surface area contributed by atoms with Gasteiger partial charge in [0.1, 0.15) is 0 Å². The summed E-state index contributed by atoms with van der Waals surface area (Å²) in [4.78, 5) is 32.9. The molecule has 1 aliphatic rings. The van der Waals surface area contributed by atoms with Crippen molar-refractivity contribution in [2.75, 3.05) is 11.9 Å². The van der Waals surface area contributed by atoms with Gasteiger partial charge >= 0.3 is 0 Å². The van der Waals surface area contributed by atoms with Crippen molar-refractivity contribution >= 4 is 28.3 Å². The van der Waals surface area contributed by atoms with E-state index in [0.717, 1.165) is 31.7 Å². The van der Waals surface area contributed by atoms with Crippen LogP contribution in [0.1, 0.15) is 39.8 Å². The summed E-state index contributed by atoms with van der Waals surface area (Å²) < 4.78 is 0. The molecule has 0 aliphatic carbocycles. The molecular formula is C24H26N4O2S. The lowest BCUT2D eigenvalue weighted by Crippen LogP contribution is -2.35. The van der Waals surface area contributed by atoms with Gasteiger partial charge < -0.3 is 10.6 Å². The second kappa shape index (κ2) is 9.85. The molecule has 1 unspecified atom stereocenters. The van der Waals surface area contributed by atoms with Gasteiger partial charge in [-0.2, -0.15) is 0 Å². The van der Waals surface area contributed by atoms with E-state index in [0.29, 0.717) is 10.7 Å². The van der Waals surface area contributed by atoms with E-state index in [2.05, 4.69) is 44.8 Å². The third kappa shape index (κ3) is 5.77. The second-order valence-electron chi connectivity index (χ2n) is 7.83. The molecule has 31 heavy (non-hydrogen) atoms. The number of nitrogens with zero attached hydrogens (tertiary/aromatic N) is 2. The summed E-state index contributed by atoms with van der Waals surface area (Å²) in [6.07, 6.45) is 1.08. The van der Waals surface area contributed by atoms with Gasteiger partial charge in [0.15, 0.2) is 5.13 Å². The second-order valence-corrected chi connectivity index (χ2v) is 8.91. The maximum atomic E-state index is 12.5. The number of rotatable bonds is 7. The topological polar surface area (TPSA) is 74.3 Å². The van der Waals surface area contributed by atoms with Crippen molar-refractivity contribution in [2.45, 2.75) is 38.9 Å². The van der Waals surface area contributed by atoms with E-state index in [4.69, 9.17) is 0 Å². The number of benzene rings is 2. The lowest BCUT2D eigenvalue weighted by atomic mass is 10.1. The molecule has 0 radical (unpaired) electrons. The van der Waals surface area contributed by atoms with Crippen LogP contribution in [0.5, 0.6) is 0 Å². The molecule has 2 N–H and O–H groups in total. The summed E-state index contributed by atoms with van der Waals surface area (Å²) in [7, 11) is 0. The highest BCUT2D eigenvalue weighted by molar-refractivity contribution is 7.15. The first-order valence-corrected chi connectivity index (χ1v) is 11.3. The molecule has 160 valence electrons. The Kier molecular flexibility index (Phi) is 6.74. The minimum atomic E-state index is -0.274. The maximum Gasteiger partial charge on any atom is 0.251 e. The third-order valence-electron chi connectivity index (χ3n) is 5.21. The molecular weight excluding hydrogens is 408 g/mol. The quantitative estimate of drug-likeness (QED) is 0.592. The zero-order valence-electron chi connectivity index (χ0n) is 17.5. The van der Waals surface area contributed by atoms with Crippen molar-refractivity contribution < 1.29 is 9.59 Å². The largest absolute Gasteiger partial charge is 0.349 e. The SMILES string of the molecule is CC(CC(=O)Nc1nc2c(s1)CN(Cc1ccccc1)CC2)NC(=O)c1ccccc1. The minimum Gasteiger partial charge on any atom is -0.349 e. The van der Waals surface area contributed by atoms with E-state index in [1.807, 2.05) is 31.2 Å². The first kappa shape index (κ1) is 21.2. The summed E-state index contributed by atoms with van der Waals surface area (Å²) in [5, 5.41) is 6.41. The number of hydrogen-bond donors (Lipinski definition) is 2. The maximum absolute atomic E-state index is 12.5. The van der Waals surface area contributed by atoms with E-state index in [1.165, 1.54) is 10.4 Å². The lowest BCUT2D eigenvalue weighted by molar-refractivity contribution is -0.116. The first-order chi connectivity index (χ1) is 15.1. The Labute approximate surface area is 186 Å². The molecule has 0 bridgehead atoms. The molecule has 1 atom stereocenters. The van der Waals surface area contributed by atoms with Gasteiger partial charge in [0, 0.05) is 49.0 Å². The highest BCUT2D eigenvalue weighted by atomic mass is 32.1. The average molecular weight is 435 g/mol. The highest BCUT2D eigenvalue weighted by Crippen LogP contribution is 2.29. The molecule has 3 aromatic rings. The molecule has 6 nitrogen and oxygen atoms in total. The number of anilines is 1. The van der Waals surface area contributed by atoms with E-state index in [-0.39, 0.29) is 24.3 Å². The van der Waals surface area contributed by atoms with Gasteiger partial charge in [-0.05, 0) is 24.6 Å². The predicted octanol–water partition coefficient (Wildman–Crippen LogP) is 3.85. The zero-order valence-corrected chi connectivity index (χ0v) is 18.3. The summed E-state index contributed by atoms with van der Waals surface area (Å²) in [5.41, 5.74) is 2.97. The summed E-state index contributed by atoms with van der Waals surface area (Å²) in [6, 6.07) is 19.2. The Morgan fingerprint density at radius 1 is 1.10 bits per heavy atom. The molecule has 0 saturated carbocycles. The fraction of sp³-hybridized carbons (Fsp3) is 0.292. The Balaban J connectivity index is 1.28. The van der Waals surface area contributed by atoms with Gasteiger partial charge in [0.25, 0.3) is 5.91 Å². The lowest BCUT2D eigenvalue weighted by Gasteiger charge is -2.25. The van der Waals surface area contributed by atoms with Gasteiger partial charge in [0.05, 0.1) is 5.69 Å². The van der Waals surface area contributed by atoms with Crippen LogP contribution in [-0.2, 0) is 24.3 Å². The Hall–Kier alpha value is -3.03. The van der Waals surface area contributed by atoms with Crippen LogP contribution in [-0.4, -0.2) is 34.3 Å². The van der Waals surface area contributed by atoms with Crippen LogP contribution in [0.15, 0.2) is 60.7 Å². The summed E-state index contributed by atoms with van der Waals surface area (Å²) in [5.74, 6) is -0.322. The normalized spacial score (nSPS) is 14.5. The van der Waals surface area contributed by atoms with Crippen molar-refractivity contribution in [3.63, 3.8) is 0 Å². The monoisotopic (exact) mass is 434 g/mol. The van der Waals surface area contributed by atoms with Crippen LogP contribution in [0.25, 0.3) is 0 Å². The van der Waals surface area contributed by atoms with Crippen LogP contribution >= 0.6 is 11.3 Å². The number of carbonyl (C=O) groups is 2. The minimum absolute atomic E-state index is 0.145. The van der Waals surface area contributed by atoms with Crippen molar-refractivity contribution in [1.29, 1.82) is 0 Å². The fourth-order valence-electron chi connectivity index (χ4n) is 3.67. The van der Waals surface area contributed by atoms with E-state index in [1.54, 1.807) is 23.5 Å². The number of hydrogen-bond acceptors (Lipinski definition) is 5. The zero-order chi connectivity index (χ0) is 21.6. The van der Waals surface area contributed by atoms with Crippen molar-refractivity contribution in [3.8, 4) is 0 Å². The van der Waals surface area contributed by atoms with Crippen LogP contribution in [0.4, 0.5) is 5.13 Å². The fourth-order valence-corrected chi connectivity index (χ4v) is 4.74. The van der Waals surface area contributed by atoms with Crippen molar-refractivity contribution in [1.82, 2.24) is 15.2 Å². The number of aromatic nitrogens is 1. The van der Waals surface area contributed by atoms with E-state index in [9.17, 15) is 9.59 Å². The molecule has 0 fully saturated rings. The molecule has 0 spiro atoms. The van der Waals surface area contributed by atoms with Crippen LogP contribution in [0.3, 0.4) is 0 Å². The number of amides is 2. The molecule has 0 saturated heterocycles. The smallest absolute Gasteiger partial charge is 0.251 e. The van der Waals surface area contributed by atoms with Crippen LogP contribution in [0.2, 0.25) is 0 Å². The Morgan fingerprint density at radius 2 is 1.81 bits per heavy atom. The van der Waals surface area contributed by atoms with Crippen LogP contribution in [0, 0.1) is 0 Å². The number of thiazole rings is 1. The summed E-state index contributed by atoms with van der Waals surface area (Å²) in [6.45, 7) is 4.55. The van der Waals surface area contributed by atoms with Gasteiger partial charge in [-0.15, -0.1) is 11.3 Å². The average Bonchev–Trinajstić information content (AvgIpc) is 3.16. The van der Waals surface area contributed by atoms with Gasteiger partial charge in [0.2, 0.25) is 5.91 Å². The predicted molar refractivity (Wildman–Crippen MR) is 123 cm³/mol. The molecule has 4 rings (SSSR count). The molecule has 1 aliphatic heterocycles. The number of nitrogens with one attached hydrogen (secondary N) is 2. The molecule has 1 aromatic heterocycles. The first-order valence-electron chi connectivity index (χ1n) is 10.5. The summed E-state index contributed by atoms with van der Waals surface area (Å²) >= 11 is 1.54. The third-order valence-corrected chi connectivity index (χ3v) is 6.21. The van der Waals surface area contributed by atoms with Gasteiger partial charge in [-0.25, -0.2) is 4.98 Å². The number of carbonyl (C=O) groups excluding carboxylic acids is 2. The molecule has 2 heterocycles. The molecule has 7 heteroatoms. The van der Waals surface area contributed by atoms with Gasteiger partial charge in [-0.3, -0.25) is 14.5 Å². The Bertz CT molecular complexity index is 1040. The van der Waals surface area contributed by atoms with Crippen molar-refractivity contribution in [3.05, 3.63) is 82.4 Å². The van der Waals surface area contributed by atoms with Crippen molar-refractivity contribution in [2.24, 2.45) is 0 Å². The molecule has 2 aromatic carbocycles. The van der Waals surface area contributed by atoms with E-state index < -0.39 is 0 Å². The van der Waals surface area contributed by atoms with Crippen LogP contribution < -0.4 is 10.6 Å². The number of fused-ring (bicyclic) bond motifs is 1. The van der Waals surface area contributed by atoms with E-state index >= 15 is 0 Å². The standard InChI is InChI=1S/C24H26N4O2S/c1-17(25-23(30)19-10-6-3-7-11-19)14-22(29)27-24-26-20-12-13-28(16-21(20)31-24)15-18-8-4-2-5-9-18/h2-11,17H,12-16H2,1H3,(H,25,30)(H,26,27,29). The van der Waals surface area contributed by atoms with Gasteiger partial charge in [-0.1, -0.05) is 48.5 Å². The molecule has 2 amide bonds. The highest BCUT2D eigenvalue weighted by Gasteiger charge is 2.22.